The highest BCUT2D eigenvalue weighted by molar-refractivity contribution is 7.99. The lowest BCUT2D eigenvalue weighted by atomic mass is 9.99. The van der Waals surface area contributed by atoms with Crippen LogP contribution in [0.25, 0.3) is 0 Å². The molecule has 1 saturated heterocycles. The Balaban J connectivity index is 0.00000242. The molecular weight excluding hydrogens is 322 g/mol. The molecule has 0 radical (unpaired) electrons. The van der Waals surface area contributed by atoms with Crippen LogP contribution in [0.1, 0.15) is 50.5 Å². The third kappa shape index (κ3) is 5.82. The third-order valence-corrected chi connectivity index (χ3v) is 5.00. The predicted molar refractivity (Wildman–Crippen MR) is 92.7 cm³/mol. The summed E-state index contributed by atoms with van der Waals surface area (Å²) in [6, 6.07) is 2.26. The molecule has 0 spiro atoms. The van der Waals surface area contributed by atoms with Crippen molar-refractivity contribution in [2.75, 3.05) is 18.1 Å². The van der Waals surface area contributed by atoms with E-state index in [4.69, 9.17) is 4.52 Å². The summed E-state index contributed by atoms with van der Waals surface area (Å²) < 4.78 is 5.31. The minimum atomic E-state index is 0. The second-order valence-electron chi connectivity index (χ2n) is 5.44. The summed E-state index contributed by atoms with van der Waals surface area (Å²) in [5, 5.41) is 10.4. The van der Waals surface area contributed by atoms with Gasteiger partial charge in [0, 0.05) is 42.5 Å². The number of amides is 1. The highest BCUT2D eigenvalue weighted by Gasteiger charge is 2.17. The molecule has 126 valence electrons. The second-order valence-corrected chi connectivity index (χ2v) is 6.59. The van der Waals surface area contributed by atoms with Gasteiger partial charge in [-0.05, 0) is 12.8 Å². The van der Waals surface area contributed by atoms with Crippen LogP contribution in [-0.2, 0) is 11.3 Å². The lowest BCUT2D eigenvalue weighted by molar-refractivity contribution is -0.121. The van der Waals surface area contributed by atoms with Crippen molar-refractivity contribution in [2.24, 2.45) is 0 Å². The smallest absolute Gasteiger partial charge is 0.221 e. The van der Waals surface area contributed by atoms with Crippen LogP contribution in [0.2, 0.25) is 0 Å². The zero-order valence-corrected chi connectivity index (χ0v) is 14.9. The molecule has 1 aliphatic rings. The van der Waals surface area contributed by atoms with Crippen molar-refractivity contribution in [1.82, 2.24) is 15.8 Å². The van der Waals surface area contributed by atoms with Gasteiger partial charge < -0.3 is 15.2 Å². The van der Waals surface area contributed by atoms with E-state index in [9.17, 15) is 4.79 Å². The van der Waals surface area contributed by atoms with Gasteiger partial charge in [0.05, 0.1) is 12.2 Å². The minimum Gasteiger partial charge on any atom is -0.359 e. The monoisotopic (exact) mass is 347 g/mol. The molecule has 0 aromatic carbocycles. The molecule has 1 aliphatic heterocycles. The molecule has 1 aromatic rings. The van der Waals surface area contributed by atoms with E-state index in [1.165, 1.54) is 0 Å². The summed E-state index contributed by atoms with van der Waals surface area (Å²) in [5.74, 6) is 3.39. The Morgan fingerprint density at radius 3 is 2.95 bits per heavy atom. The van der Waals surface area contributed by atoms with Gasteiger partial charge in [-0.1, -0.05) is 19.0 Å². The first-order valence-electron chi connectivity index (χ1n) is 7.76. The standard InChI is InChI=1S/C15H25N3O2S.ClH/c1-3-11(4-2)14-8-13(20-18-14)9-17-15(19)7-12-10-21-6-5-16-12;/h8,11-12,16H,3-7,9-10H2,1-2H3,(H,17,19);1H. The molecule has 2 N–H and O–H groups in total. The van der Waals surface area contributed by atoms with Gasteiger partial charge in [0.25, 0.3) is 0 Å². The number of carbonyl (C=O) groups excluding carboxylic acids is 1. The van der Waals surface area contributed by atoms with Crippen LogP contribution in [0.15, 0.2) is 10.6 Å². The van der Waals surface area contributed by atoms with E-state index in [-0.39, 0.29) is 18.3 Å². The summed E-state index contributed by atoms with van der Waals surface area (Å²) in [6.07, 6.45) is 2.64. The Labute approximate surface area is 142 Å². The molecule has 1 unspecified atom stereocenters. The van der Waals surface area contributed by atoms with Crippen molar-refractivity contribution >= 4 is 30.1 Å². The van der Waals surface area contributed by atoms with E-state index >= 15 is 0 Å². The van der Waals surface area contributed by atoms with Gasteiger partial charge in [0.15, 0.2) is 5.76 Å². The quantitative estimate of drug-likeness (QED) is 0.793. The highest BCUT2D eigenvalue weighted by atomic mass is 35.5. The fraction of sp³-hybridized carbons (Fsp3) is 0.733. The SMILES string of the molecule is CCC(CC)c1cc(CNC(=O)CC2CSCCN2)on1.Cl. The van der Waals surface area contributed by atoms with Crippen molar-refractivity contribution in [1.29, 1.82) is 0 Å². The maximum atomic E-state index is 11.9. The number of rotatable bonds is 7. The molecule has 2 rings (SSSR count). The maximum Gasteiger partial charge on any atom is 0.221 e. The van der Waals surface area contributed by atoms with Crippen LogP contribution in [-0.4, -0.2) is 35.2 Å². The van der Waals surface area contributed by atoms with E-state index in [0.717, 1.165) is 42.3 Å². The fourth-order valence-electron chi connectivity index (χ4n) is 2.54. The molecule has 5 nitrogen and oxygen atoms in total. The van der Waals surface area contributed by atoms with Crippen LogP contribution in [0.4, 0.5) is 0 Å². The largest absolute Gasteiger partial charge is 0.359 e. The van der Waals surface area contributed by atoms with E-state index in [0.29, 0.717) is 24.9 Å². The van der Waals surface area contributed by atoms with Gasteiger partial charge in [-0.15, -0.1) is 12.4 Å². The number of thioether (sulfide) groups is 1. The molecular formula is C15H26ClN3O2S. The fourth-order valence-corrected chi connectivity index (χ4v) is 3.49. The Morgan fingerprint density at radius 1 is 1.55 bits per heavy atom. The van der Waals surface area contributed by atoms with Crippen molar-refractivity contribution in [3.05, 3.63) is 17.5 Å². The molecule has 7 heteroatoms. The third-order valence-electron chi connectivity index (χ3n) is 3.87. The zero-order chi connectivity index (χ0) is 15.1. The number of hydrogen-bond acceptors (Lipinski definition) is 5. The molecule has 1 atom stereocenters. The van der Waals surface area contributed by atoms with Crippen LogP contribution >= 0.6 is 24.2 Å². The van der Waals surface area contributed by atoms with Crippen LogP contribution in [0, 0.1) is 0 Å². The lowest BCUT2D eigenvalue weighted by Gasteiger charge is -2.22. The van der Waals surface area contributed by atoms with E-state index in [1.807, 2.05) is 17.8 Å². The molecule has 0 bridgehead atoms. The molecule has 1 amide bonds. The first-order valence-corrected chi connectivity index (χ1v) is 8.91. The van der Waals surface area contributed by atoms with Gasteiger partial charge in [-0.25, -0.2) is 0 Å². The van der Waals surface area contributed by atoms with Crippen molar-refractivity contribution in [2.45, 2.75) is 51.6 Å². The van der Waals surface area contributed by atoms with Gasteiger partial charge in [-0.2, -0.15) is 11.8 Å². The van der Waals surface area contributed by atoms with Crippen LogP contribution in [0.3, 0.4) is 0 Å². The summed E-state index contributed by atoms with van der Waals surface area (Å²) in [7, 11) is 0. The summed E-state index contributed by atoms with van der Waals surface area (Å²) in [6.45, 7) is 5.72. The molecule has 0 aliphatic carbocycles. The number of hydrogen-bond donors (Lipinski definition) is 2. The molecule has 1 fully saturated rings. The molecule has 22 heavy (non-hydrogen) atoms. The first kappa shape index (κ1) is 19.3. The van der Waals surface area contributed by atoms with Crippen molar-refractivity contribution in [3.63, 3.8) is 0 Å². The topological polar surface area (TPSA) is 67.2 Å². The summed E-state index contributed by atoms with van der Waals surface area (Å²) in [4.78, 5) is 11.9. The number of nitrogens with zero attached hydrogens (tertiary/aromatic N) is 1. The van der Waals surface area contributed by atoms with E-state index in [1.54, 1.807) is 0 Å². The summed E-state index contributed by atoms with van der Waals surface area (Å²) in [5.41, 5.74) is 0.995. The Bertz CT molecular complexity index is 446. The maximum absolute atomic E-state index is 11.9. The zero-order valence-electron chi connectivity index (χ0n) is 13.3. The Kier molecular flexibility index (Phi) is 8.90. The molecule has 1 aromatic heterocycles. The van der Waals surface area contributed by atoms with Gasteiger partial charge >= 0.3 is 0 Å². The van der Waals surface area contributed by atoms with Gasteiger partial charge in [0.1, 0.15) is 0 Å². The number of nitrogens with one attached hydrogen (secondary N) is 2. The molecule has 0 saturated carbocycles. The Hall–Kier alpha value is -0.720. The summed E-state index contributed by atoms with van der Waals surface area (Å²) >= 11 is 1.90. The Morgan fingerprint density at radius 2 is 2.32 bits per heavy atom. The predicted octanol–water partition coefficient (Wildman–Crippen LogP) is 2.71. The van der Waals surface area contributed by atoms with Gasteiger partial charge in [-0.3, -0.25) is 4.79 Å². The van der Waals surface area contributed by atoms with Crippen molar-refractivity contribution in [3.8, 4) is 0 Å². The van der Waals surface area contributed by atoms with Crippen molar-refractivity contribution < 1.29 is 9.32 Å². The van der Waals surface area contributed by atoms with Crippen LogP contribution in [0.5, 0.6) is 0 Å². The normalized spacial score (nSPS) is 18.0. The molecule has 2 heterocycles. The number of aromatic nitrogens is 1. The first-order chi connectivity index (χ1) is 10.2. The number of carbonyl (C=O) groups is 1. The average Bonchev–Trinajstić information content (AvgIpc) is 2.96. The number of halogens is 1. The van der Waals surface area contributed by atoms with Gasteiger partial charge in [0.2, 0.25) is 5.91 Å². The van der Waals surface area contributed by atoms with Crippen LogP contribution < -0.4 is 10.6 Å². The van der Waals surface area contributed by atoms with E-state index in [2.05, 4.69) is 29.6 Å². The highest BCUT2D eigenvalue weighted by Crippen LogP contribution is 2.22. The minimum absolute atomic E-state index is 0. The lowest BCUT2D eigenvalue weighted by Crippen LogP contribution is -2.41. The average molecular weight is 348 g/mol. The second kappa shape index (κ2) is 10.1. The van der Waals surface area contributed by atoms with E-state index < -0.39 is 0 Å².